The average molecular weight is 231 g/mol. The van der Waals surface area contributed by atoms with Crippen molar-refractivity contribution in [3.63, 3.8) is 0 Å². The van der Waals surface area contributed by atoms with Gasteiger partial charge in [-0.2, -0.15) is 5.26 Å². The van der Waals surface area contributed by atoms with Gasteiger partial charge in [0.1, 0.15) is 17.6 Å². The molecule has 0 unspecified atom stereocenters. The second kappa shape index (κ2) is 4.42. The van der Waals surface area contributed by atoms with Crippen molar-refractivity contribution in [1.82, 2.24) is 4.98 Å². The van der Waals surface area contributed by atoms with Crippen molar-refractivity contribution in [2.75, 3.05) is 11.9 Å². The van der Waals surface area contributed by atoms with Crippen molar-refractivity contribution in [2.24, 2.45) is 5.92 Å². The van der Waals surface area contributed by atoms with Gasteiger partial charge in [0.2, 0.25) is 0 Å². The first-order valence-electron chi connectivity index (χ1n) is 5.44. The minimum absolute atomic E-state index is 0.206. The Hall–Kier alpha value is -2.09. The second-order valence-electron chi connectivity index (χ2n) is 4.26. The molecule has 0 aromatic carbocycles. The zero-order valence-electron chi connectivity index (χ0n) is 9.50. The lowest BCUT2D eigenvalue weighted by atomic mass is 9.79. The predicted molar refractivity (Wildman–Crippen MR) is 61.5 cm³/mol. The van der Waals surface area contributed by atoms with Crippen molar-refractivity contribution in [3.05, 3.63) is 23.9 Å². The molecule has 0 atom stereocenters. The summed E-state index contributed by atoms with van der Waals surface area (Å²) in [5.41, 5.74) is 0.378. The number of nitriles is 1. The van der Waals surface area contributed by atoms with Crippen LogP contribution >= 0.6 is 0 Å². The Bertz CT molecular complexity index is 475. The molecule has 5 nitrogen and oxygen atoms in total. The third-order valence-electron chi connectivity index (χ3n) is 3.22. The van der Waals surface area contributed by atoms with E-state index < -0.39 is 5.97 Å². The molecule has 0 saturated heterocycles. The number of anilines is 1. The first kappa shape index (κ1) is 11.4. The minimum Gasteiger partial charge on any atom is -0.481 e. The summed E-state index contributed by atoms with van der Waals surface area (Å²) in [7, 11) is 1.88. The number of rotatable bonds is 3. The molecule has 88 valence electrons. The van der Waals surface area contributed by atoms with Crippen LogP contribution in [0.1, 0.15) is 18.5 Å². The van der Waals surface area contributed by atoms with E-state index in [2.05, 4.69) is 4.98 Å². The first-order valence-corrected chi connectivity index (χ1v) is 5.44. The largest absolute Gasteiger partial charge is 0.481 e. The number of aliphatic carboxylic acids is 1. The average Bonchev–Trinajstić information content (AvgIpc) is 2.26. The second-order valence-corrected chi connectivity index (χ2v) is 4.26. The number of nitrogens with zero attached hydrogens (tertiary/aromatic N) is 3. The van der Waals surface area contributed by atoms with Crippen LogP contribution in [0.5, 0.6) is 0 Å². The van der Waals surface area contributed by atoms with Crippen molar-refractivity contribution in [3.8, 4) is 6.07 Å². The molecule has 1 aliphatic carbocycles. The number of carbonyl (C=O) groups is 1. The van der Waals surface area contributed by atoms with Gasteiger partial charge in [0.15, 0.2) is 0 Å². The molecule has 5 heteroatoms. The Kier molecular flexibility index (Phi) is 2.96. The van der Waals surface area contributed by atoms with Crippen LogP contribution in [0.15, 0.2) is 18.2 Å². The normalized spacial score (nSPS) is 22.4. The summed E-state index contributed by atoms with van der Waals surface area (Å²) in [5, 5.41) is 17.6. The standard InChI is InChI=1S/C12H13N3O2/c1-15(10-5-8(6-10)12(16)17)11-4-2-3-9(7-13)14-11/h2-4,8,10H,5-6H2,1H3,(H,16,17). The predicted octanol–water partition coefficient (Wildman–Crippen LogP) is 1.25. The molecule has 1 saturated carbocycles. The van der Waals surface area contributed by atoms with Gasteiger partial charge in [-0.05, 0) is 25.0 Å². The molecule has 0 aliphatic heterocycles. The molecule has 1 N–H and O–H groups in total. The monoisotopic (exact) mass is 231 g/mol. The molecule has 1 aromatic rings. The number of pyridine rings is 1. The number of hydrogen-bond acceptors (Lipinski definition) is 4. The van der Waals surface area contributed by atoms with Gasteiger partial charge in [-0.25, -0.2) is 4.98 Å². The van der Waals surface area contributed by atoms with Gasteiger partial charge in [-0.15, -0.1) is 0 Å². The molecule has 0 amide bonds. The first-order chi connectivity index (χ1) is 8.11. The molecule has 1 heterocycles. The van der Waals surface area contributed by atoms with Gasteiger partial charge in [0.05, 0.1) is 5.92 Å². The van der Waals surface area contributed by atoms with E-state index in [1.54, 1.807) is 12.1 Å². The van der Waals surface area contributed by atoms with Gasteiger partial charge in [0, 0.05) is 13.1 Å². The van der Waals surface area contributed by atoms with Crippen LogP contribution in [0, 0.1) is 17.2 Å². The maximum Gasteiger partial charge on any atom is 0.306 e. The van der Waals surface area contributed by atoms with Crippen LogP contribution in [-0.4, -0.2) is 29.1 Å². The lowest BCUT2D eigenvalue weighted by Gasteiger charge is -2.39. The molecule has 2 rings (SSSR count). The number of hydrogen-bond donors (Lipinski definition) is 1. The summed E-state index contributed by atoms with van der Waals surface area (Å²) in [4.78, 5) is 16.8. The van der Waals surface area contributed by atoms with Crippen molar-refractivity contribution >= 4 is 11.8 Å². The van der Waals surface area contributed by atoms with Crippen molar-refractivity contribution < 1.29 is 9.90 Å². The summed E-state index contributed by atoms with van der Waals surface area (Å²) in [6.07, 6.45) is 1.29. The Balaban J connectivity index is 2.04. The summed E-state index contributed by atoms with van der Waals surface area (Å²) in [5.74, 6) is -0.243. The van der Waals surface area contributed by atoms with Crippen LogP contribution in [0.2, 0.25) is 0 Å². The smallest absolute Gasteiger partial charge is 0.306 e. The van der Waals surface area contributed by atoms with Gasteiger partial charge >= 0.3 is 5.97 Å². The van der Waals surface area contributed by atoms with Crippen LogP contribution in [-0.2, 0) is 4.79 Å². The summed E-state index contributed by atoms with van der Waals surface area (Å²) >= 11 is 0. The third-order valence-corrected chi connectivity index (χ3v) is 3.22. The third kappa shape index (κ3) is 2.21. The summed E-state index contributed by atoms with van der Waals surface area (Å²) in [6, 6.07) is 7.46. The summed E-state index contributed by atoms with van der Waals surface area (Å²) in [6.45, 7) is 0. The molecular formula is C12H13N3O2. The zero-order chi connectivity index (χ0) is 12.4. The molecule has 0 radical (unpaired) electrons. The van der Waals surface area contributed by atoms with E-state index in [9.17, 15) is 4.79 Å². The number of carboxylic acids is 1. The maximum absolute atomic E-state index is 10.7. The number of carboxylic acid groups (broad SMARTS) is 1. The van der Waals surface area contributed by atoms with Gasteiger partial charge in [-0.3, -0.25) is 4.79 Å². The van der Waals surface area contributed by atoms with E-state index in [4.69, 9.17) is 10.4 Å². The SMILES string of the molecule is CN(c1cccc(C#N)n1)C1CC(C(=O)O)C1. The maximum atomic E-state index is 10.7. The highest BCUT2D eigenvalue weighted by Crippen LogP contribution is 2.33. The van der Waals surface area contributed by atoms with Crippen LogP contribution in [0.25, 0.3) is 0 Å². The molecular weight excluding hydrogens is 218 g/mol. The number of aromatic nitrogens is 1. The fourth-order valence-corrected chi connectivity index (χ4v) is 1.97. The fraction of sp³-hybridized carbons (Fsp3) is 0.417. The van der Waals surface area contributed by atoms with Crippen LogP contribution in [0.4, 0.5) is 5.82 Å². The molecule has 1 fully saturated rings. The quantitative estimate of drug-likeness (QED) is 0.847. The zero-order valence-corrected chi connectivity index (χ0v) is 9.50. The highest BCUT2D eigenvalue weighted by Gasteiger charge is 2.37. The molecule has 1 aliphatic rings. The van der Waals surface area contributed by atoms with Crippen LogP contribution < -0.4 is 4.90 Å². The molecule has 0 spiro atoms. The van der Waals surface area contributed by atoms with E-state index in [1.165, 1.54) is 0 Å². The lowest BCUT2D eigenvalue weighted by molar-refractivity contribution is -0.145. The minimum atomic E-state index is -0.728. The Labute approximate surface area is 99.3 Å². The molecule has 0 bridgehead atoms. The van der Waals surface area contributed by atoms with E-state index in [1.807, 2.05) is 24.1 Å². The lowest BCUT2D eigenvalue weighted by Crippen LogP contribution is -2.45. The Morgan fingerprint density at radius 3 is 2.88 bits per heavy atom. The van der Waals surface area contributed by atoms with Gasteiger partial charge < -0.3 is 10.0 Å². The van der Waals surface area contributed by atoms with E-state index in [-0.39, 0.29) is 12.0 Å². The van der Waals surface area contributed by atoms with Crippen LogP contribution in [0.3, 0.4) is 0 Å². The summed E-state index contributed by atoms with van der Waals surface area (Å²) < 4.78 is 0. The van der Waals surface area contributed by atoms with E-state index in [0.29, 0.717) is 18.5 Å². The van der Waals surface area contributed by atoms with E-state index in [0.717, 1.165) is 5.82 Å². The van der Waals surface area contributed by atoms with Crippen molar-refractivity contribution in [1.29, 1.82) is 5.26 Å². The molecule has 17 heavy (non-hydrogen) atoms. The van der Waals surface area contributed by atoms with Gasteiger partial charge in [0.25, 0.3) is 0 Å². The topological polar surface area (TPSA) is 77.2 Å². The van der Waals surface area contributed by atoms with Crippen molar-refractivity contribution in [2.45, 2.75) is 18.9 Å². The highest BCUT2D eigenvalue weighted by atomic mass is 16.4. The van der Waals surface area contributed by atoms with E-state index >= 15 is 0 Å². The van der Waals surface area contributed by atoms with Gasteiger partial charge in [-0.1, -0.05) is 6.07 Å². The molecule has 1 aromatic heterocycles. The Morgan fingerprint density at radius 2 is 2.29 bits per heavy atom. The fourth-order valence-electron chi connectivity index (χ4n) is 1.97. The highest BCUT2D eigenvalue weighted by molar-refractivity contribution is 5.71. The Morgan fingerprint density at radius 1 is 1.59 bits per heavy atom.